The van der Waals surface area contributed by atoms with E-state index in [0.717, 1.165) is 24.8 Å². The minimum absolute atomic E-state index is 0.128. The van der Waals surface area contributed by atoms with Crippen LogP contribution in [-0.4, -0.2) is 51.1 Å². The van der Waals surface area contributed by atoms with Crippen molar-refractivity contribution in [3.8, 4) is 0 Å². The van der Waals surface area contributed by atoms with E-state index in [9.17, 15) is 10.2 Å². The lowest BCUT2D eigenvalue weighted by Crippen LogP contribution is -2.45. The number of fused-ring (bicyclic) bond motifs is 1. The van der Waals surface area contributed by atoms with Crippen molar-refractivity contribution in [2.45, 2.75) is 94.1 Å². The Kier molecular flexibility index (Phi) is 3.66. The molecule has 25 heavy (non-hydrogen) atoms. The standard InChI is InChI=1S/C20H30O5/c1-14-6-7-15-17(3,24-15)9-5-8-16(2,21)10-11-19-18(4,25-19)13-23-20(19,22)12-14/h5,8,12,15,21-22H,6-7,9-11,13H2,1-4H3/b8-5+,14-12+/t15-,16+,17+,18+,19+,20-/m0/s1. The summed E-state index contributed by atoms with van der Waals surface area (Å²) in [7, 11) is 0. The molecule has 0 aromatic carbocycles. The first-order chi connectivity index (χ1) is 11.5. The summed E-state index contributed by atoms with van der Waals surface area (Å²) in [5.41, 5.74) is -1.24. The van der Waals surface area contributed by atoms with E-state index in [1.54, 1.807) is 6.92 Å². The maximum atomic E-state index is 11.2. The van der Waals surface area contributed by atoms with Crippen molar-refractivity contribution >= 4 is 0 Å². The zero-order valence-electron chi connectivity index (χ0n) is 15.7. The molecule has 1 aliphatic carbocycles. The normalized spacial score (nSPS) is 58.8. The van der Waals surface area contributed by atoms with Gasteiger partial charge in [0.05, 0.1) is 23.9 Å². The van der Waals surface area contributed by atoms with Gasteiger partial charge in [-0.25, -0.2) is 0 Å². The summed E-state index contributed by atoms with van der Waals surface area (Å²) < 4.78 is 17.7. The van der Waals surface area contributed by atoms with Crippen LogP contribution in [0.15, 0.2) is 23.8 Å². The van der Waals surface area contributed by atoms with Crippen molar-refractivity contribution in [3.63, 3.8) is 0 Å². The minimum atomic E-state index is -1.43. The summed E-state index contributed by atoms with van der Waals surface area (Å²) in [6.07, 6.45) is 9.56. The molecule has 0 aromatic rings. The predicted octanol–water partition coefficient (Wildman–Crippen LogP) is 2.61. The molecule has 3 heterocycles. The molecule has 3 fully saturated rings. The Bertz CT molecular complexity index is 640. The van der Waals surface area contributed by atoms with E-state index in [1.165, 1.54) is 0 Å². The zero-order chi connectivity index (χ0) is 18.1. The molecule has 1 spiro atoms. The lowest BCUT2D eigenvalue weighted by Gasteiger charge is -2.30. The van der Waals surface area contributed by atoms with Gasteiger partial charge in [-0.1, -0.05) is 17.7 Å². The fourth-order valence-corrected chi connectivity index (χ4v) is 4.63. The van der Waals surface area contributed by atoms with Crippen LogP contribution in [-0.2, 0) is 14.2 Å². The smallest absolute Gasteiger partial charge is 0.218 e. The van der Waals surface area contributed by atoms with Gasteiger partial charge in [0.25, 0.3) is 0 Å². The van der Waals surface area contributed by atoms with E-state index >= 15 is 0 Å². The van der Waals surface area contributed by atoms with Crippen molar-refractivity contribution in [2.24, 2.45) is 0 Å². The monoisotopic (exact) mass is 350 g/mol. The summed E-state index contributed by atoms with van der Waals surface area (Å²) in [5.74, 6) is -1.43. The van der Waals surface area contributed by atoms with Gasteiger partial charge in [-0.15, -0.1) is 0 Å². The SMILES string of the molecule is C/C1=C\[C@]2(O)OC[C@@]3(C)O[C@]32CC[C@](C)(O)/C=C/C[C@@]2(C)O[C@H]2CC1. The van der Waals surface area contributed by atoms with Gasteiger partial charge in [0.1, 0.15) is 5.60 Å². The predicted molar refractivity (Wildman–Crippen MR) is 93.0 cm³/mol. The van der Waals surface area contributed by atoms with Crippen LogP contribution in [0.25, 0.3) is 0 Å². The van der Waals surface area contributed by atoms with Gasteiger partial charge >= 0.3 is 0 Å². The van der Waals surface area contributed by atoms with E-state index < -0.39 is 22.6 Å². The molecule has 4 aliphatic rings. The Hall–Kier alpha value is -0.720. The number of rotatable bonds is 0. The number of hydrogen-bond acceptors (Lipinski definition) is 5. The van der Waals surface area contributed by atoms with Crippen molar-refractivity contribution in [1.82, 2.24) is 0 Å². The lowest BCUT2D eigenvalue weighted by atomic mass is 9.81. The van der Waals surface area contributed by atoms with Crippen molar-refractivity contribution in [1.29, 1.82) is 0 Å². The van der Waals surface area contributed by atoms with Gasteiger partial charge in [0.15, 0.2) is 5.60 Å². The molecule has 6 atom stereocenters. The molecule has 4 rings (SSSR count). The van der Waals surface area contributed by atoms with E-state index in [2.05, 4.69) is 6.92 Å². The van der Waals surface area contributed by atoms with Crippen molar-refractivity contribution in [2.75, 3.05) is 6.61 Å². The summed E-state index contributed by atoms with van der Waals surface area (Å²) in [5, 5.41) is 21.9. The third-order valence-corrected chi connectivity index (χ3v) is 6.62. The highest BCUT2D eigenvalue weighted by atomic mass is 16.8. The minimum Gasteiger partial charge on any atom is -0.386 e. The highest BCUT2D eigenvalue weighted by molar-refractivity contribution is 5.31. The molecule has 0 bridgehead atoms. The summed E-state index contributed by atoms with van der Waals surface area (Å²) in [6.45, 7) is 8.29. The first-order valence-electron chi connectivity index (χ1n) is 9.36. The molecule has 0 radical (unpaired) electrons. The van der Waals surface area contributed by atoms with Crippen LogP contribution in [0.2, 0.25) is 0 Å². The number of allylic oxidation sites excluding steroid dienone is 1. The van der Waals surface area contributed by atoms with E-state index in [-0.39, 0.29) is 11.7 Å². The fourth-order valence-electron chi connectivity index (χ4n) is 4.63. The Morgan fingerprint density at radius 2 is 1.92 bits per heavy atom. The number of hydrogen-bond donors (Lipinski definition) is 2. The van der Waals surface area contributed by atoms with Gasteiger partial charge in [-0.3, -0.25) is 0 Å². The van der Waals surface area contributed by atoms with Crippen LogP contribution in [0.1, 0.15) is 59.8 Å². The molecule has 5 nitrogen and oxygen atoms in total. The Labute approximate surface area is 149 Å². The molecule has 140 valence electrons. The number of aliphatic hydroxyl groups is 2. The maximum Gasteiger partial charge on any atom is 0.218 e. The number of epoxide rings is 2. The summed E-state index contributed by atoms with van der Waals surface area (Å²) in [4.78, 5) is 0. The highest BCUT2D eigenvalue weighted by Gasteiger charge is 2.81. The molecule has 0 aromatic heterocycles. The maximum absolute atomic E-state index is 11.2. The molecular weight excluding hydrogens is 320 g/mol. The summed E-state index contributed by atoms with van der Waals surface area (Å²) in [6, 6.07) is 0. The molecule has 0 saturated carbocycles. The third-order valence-electron chi connectivity index (χ3n) is 6.62. The highest BCUT2D eigenvalue weighted by Crippen LogP contribution is 2.63. The van der Waals surface area contributed by atoms with Crippen molar-refractivity contribution in [3.05, 3.63) is 23.8 Å². The lowest BCUT2D eigenvalue weighted by molar-refractivity contribution is -0.202. The van der Waals surface area contributed by atoms with Crippen molar-refractivity contribution < 1.29 is 24.4 Å². The Morgan fingerprint density at radius 1 is 1.16 bits per heavy atom. The van der Waals surface area contributed by atoms with Crippen LogP contribution in [0, 0.1) is 0 Å². The molecule has 5 heteroatoms. The summed E-state index contributed by atoms with van der Waals surface area (Å²) >= 11 is 0. The van der Waals surface area contributed by atoms with Crippen LogP contribution in [0.4, 0.5) is 0 Å². The van der Waals surface area contributed by atoms with Crippen LogP contribution >= 0.6 is 0 Å². The fraction of sp³-hybridized carbons (Fsp3) is 0.800. The second kappa shape index (κ2) is 5.17. The van der Waals surface area contributed by atoms with Crippen LogP contribution < -0.4 is 0 Å². The number of ether oxygens (including phenoxy) is 3. The van der Waals surface area contributed by atoms with Crippen LogP contribution in [0.5, 0.6) is 0 Å². The van der Waals surface area contributed by atoms with E-state index in [1.807, 2.05) is 32.1 Å². The van der Waals surface area contributed by atoms with Gasteiger partial charge in [0, 0.05) is 0 Å². The third kappa shape index (κ3) is 2.72. The van der Waals surface area contributed by atoms with Gasteiger partial charge in [-0.05, 0) is 65.9 Å². The first-order valence-corrected chi connectivity index (χ1v) is 9.36. The average molecular weight is 350 g/mol. The largest absolute Gasteiger partial charge is 0.386 e. The molecule has 2 N–H and O–H groups in total. The molecular formula is C20H30O5. The zero-order valence-corrected chi connectivity index (χ0v) is 15.7. The Balaban J connectivity index is 1.63. The van der Waals surface area contributed by atoms with Gasteiger partial charge in [-0.2, -0.15) is 0 Å². The second-order valence-corrected chi connectivity index (χ2v) is 9.06. The second-order valence-electron chi connectivity index (χ2n) is 9.06. The van der Waals surface area contributed by atoms with Crippen LogP contribution in [0.3, 0.4) is 0 Å². The Morgan fingerprint density at radius 3 is 2.64 bits per heavy atom. The first kappa shape index (κ1) is 17.7. The molecule has 3 saturated heterocycles. The molecule has 3 aliphatic heterocycles. The average Bonchev–Trinajstić information content (AvgIpc) is 3.33. The molecule has 0 amide bonds. The quantitative estimate of drug-likeness (QED) is 0.519. The molecule has 0 unspecified atom stereocenters. The van der Waals surface area contributed by atoms with E-state index in [4.69, 9.17) is 14.2 Å². The van der Waals surface area contributed by atoms with Gasteiger partial charge < -0.3 is 24.4 Å². The van der Waals surface area contributed by atoms with Gasteiger partial charge in [0.2, 0.25) is 5.79 Å². The van der Waals surface area contributed by atoms with E-state index in [0.29, 0.717) is 19.4 Å². The topological polar surface area (TPSA) is 74.8 Å².